The molecule has 1 saturated carbocycles. The topological polar surface area (TPSA) is 32.3 Å². The molecule has 0 spiro atoms. The van der Waals surface area contributed by atoms with Gasteiger partial charge in [0, 0.05) is 31.9 Å². The summed E-state index contributed by atoms with van der Waals surface area (Å²) in [6.07, 6.45) is 7.94. The van der Waals surface area contributed by atoms with Gasteiger partial charge in [-0.25, -0.2) is 0 Å². The second-order valence-corrected chi connectivity index (χ2v) is 5.99. The second kappa shape index (κ2) is 7.32. The van der Waals surface area contributed by atoms with Gasteiger partial charge in [0.25, 0.3) is 5.91 Å². The maximum Gasteiger partial charge on any atom is 0.251 e. The van der Waals surface area contributed by atoms with E-state index in [1.54, 1.807) is 0 Å². The Hall–Kier alpha value is -1.51. The summed E-state index contributed by atoms with van der Waals surface area (Å²) in [6, 6.07) is 7.74. The molecule has 3 nitrogen and oxygen atoms in total. The third kappa shape index (κ3) is 4.26. The largest absolute Gasteiger partial charge is 0.378 e. The van der Waals surface area contributed by atoms with Crippen LogP contribution in [0.2, 0.25) is 0 Å². The highest BCUT2D eigenvalue weighted by Gasteiger charge is 2.14. The van der Waals surface area contributed by atoms with Crippen LogP contribution in [0.15, 0.2) is 24.3 Å². The smallest absolute Gasteiger partial charge is 0.251 e. The van der Waals surface area contributed by atoms with Crippen molar-refractivity contribution >= 4 is 11.6 Å². The molecule has 0 atom stereocenters. The zero-order valence-corrected chi connectivity index (χ0v) is 12.7. The van der Waals surface area contributed by atoms with Gasteiger partial charge in [-0.1, -0.05) is 25.7 Å². The SMILES string of the molecule is CN(C)c1ccc(C(=O)NCCCC2CCCC2)cc1. The Labute approximate surface area is 122 Å². The number of carbonyl (C=O) groups is 1. The van der Waals surface area contributed by atoms with Crippen molar-refractivity contribution in [3.05, 3.63) is 29.8 Å². The van der Waals surface area contributed by atoms with E-state index in [1.165, 1.54) is 32.1 Å². The van der Waals surface area contributed by atoms with E-state index in [1.807, 2.05) is 43.3 Å². The lowest BCUT2D eigenvalue weighted by Gasteiger charge is -2.13. The summed E-state index contributed by atoms with van der Waals surface area (Å²) in [5, 5.41) is 3.02. The van der Waals surface area contributed by atoms with Crippen LogP contribution in [0.3, 0.4) is 0 Å². The highest BCUT2D eigenvalue weighted by Crippen LogP contribution is 2.28. The third-order valence-corrected chi connectivity index (χ3v) is 4.20. The van der Waals surface area contributed by atoms with Crippen molar-refractivity contribution in [2.75, 3.05) is 25.5 Å². The average molecular weight is 274 g/mol. The Morgan fingerprint density at radius 2 is 1.85 bits per heavy atom. The van der Waals surface area contributed by atoms with E-state index in [0.29, 0.717) is 0 Å². The lowest BCUT2D eigenvalue weighted by atomic mass is 10.0. The van der Waals surface area contributed by atoms with Crippen molar-refractivity contribution in [2.24, 2.45) is 5.92 Å². The van der Waals surface area contributed by atoms with Crippen molar-refractivity contribution in [3.63, 3.8) is 0 Å². The van der Waals surface area contributed by atoms with Crippen LogP contribution in [-0.4, -0.2) is 26.5 Å². The van der Waals surface area contributed by atoms with Crippen molar-refractivity contribution in [1.82, 2.24) is 5.32 Å². The average Bonchev–Trinajstić information content (AvgIpc) is 2.96. The molecule has 1 aromatic carbocycles. The number of carbonyl (C=O) groups excluding carboxylic acids is 1. The summed E-state index contributed by atoms with van der Waals surface area (Å²) in [5.74, 6) is 0.952. The van der Waals surface area contributed by atoms with Crippen molar-refractivity contribution in [1.29, 1.82) is 0 Å². The summed E-state index contributed by atoms with van der Waals surface area (Å²) < 4.78 is 0. The molecule has 1 aliphatic carbocycles. The summed E-state index contributed by atoms with van der Waals surface area (Å²) in [7, 11) is 4.00. The fraction of sp³-hybridized carbons (Fsp3) is 0.588. The van der Waals surface area contributed by atoms with E-state index < -0.39 is 0 Å². The number of amides is 1. The van der Waals surface area contributed by atoms with Gasteiger partial charge in [0.1, 0.15) is 0 Å². The van der Waals surface area contributed by atoms with E-state index in [-0.39, 0.29) is 5.91 Å². The van der Waals surface area contributed by atoms with Crippen LogP contribution in [-0.2, 0) is 0 Å². The van der Waals surface area contributed by atoms with Crippen LogP contribution < -0.4 is 10.2 Å². The molecule has 1 fully saturated rings. The highest BCUT2D eigenvalue weighted by atomic mass is 16.1. The lowest BCUT2D eigenvalue weighted by Crippen LogP contribution is -2.24. The van der Waals surface area contributed by atoms with Gasteiger partial charge in [0.15, 0.2) is 0 Å². The quantitative estimate of drug-likeness (QED) is 0.806. The van der Waals surface area contributed by atoms with Gasteiger partial charge in [0.05, 0.1) is 0 Å². The zero-order valence-electron chi connectivity index (χ0n) is 12.7. The first-order valence-electron chi connectivity index (χ1n) is 7.72. The van der Waals surface area contributed by atoms with E-state index in [2.05, 4.69) is 5.32 Å². The minimum absolute atomic E-state index is 0.0433. The number of anilines is 1. The van der Waals surface area contributed by atoms with Gasteiger partial charge in [-0.2, -0.15) is 0 Å². The number of benzene rings is 1. The molecule has 0 unspecified atom stereocenters. The van der Waals surface area contributed by atoms with Crippen LogP contribution in [0.25, 0.3) is 0 Å². The predicted molar refractivity (Wildman–Crippen MR) is 84.3 cm³/mol. The Morgan fingerprint density at radius 3 is 2.45 bits per heavy atom. The monoisotopic (exact) mass is 274 g/mol. The minimum Gasteiger partial charge on any atom is -0.378 e. The molecule has 0 heterocycles. The number of hydrogen-bond acceptors (Lipinski definition) is 2. The summed E-state index contributed by atoms with van der Waals surface area (Å²) in [5.41, 5.74) is 1.86. The predicted octanol–water partition coefficient (Wildman–Crippen LogP) is 3.45. The van der Waals surface area contributed by atoms with E-state index >= 15 is 0 Å². The number of nitrogens with one attached hydrogen (secondary N) is 1. The molecule has 3 heteroatoms. The van der Waals surface area contributed by atoms with Crippen molar-refractivity contribution < 1.29 is 4.79 Å². The van der Waals surface area contributed by atoms with E-state index in [4.69, 9.17) is 0 Å². The second-order valence-electron chi connectivity index (χ2n) is 5.99. The fourth-order valence-corrected chi connectivity index (χ4v) is 2.90. The lowest BCUT2D eigenvalue weighted by molar-refractivity contribution is 0.0952. The maximum absolute atomic E-state index is 12.0. The Morgan fingerprint density at radius 1 is 1.20 bits per heavy atom. The molecule has 1 N–H and O–H groups in total. The van der Waals surface area contributed by atoms with Gasteiger partial charge in [-0.3, -0.25) is 4.79 Å². The summed E-state index contributed by atoms with van der Waals surface area (Å²) in [6.45, 7) is 0.796. The first kappa shape index (κ1) is 14.9. The fourth-order valence-electron chi connectivity index (χ4n) is 2.90. The highest BCUT2D eigenvalue weighted by molar-refractivity contribution is 5.94. The van der Waals surface area contributed by atoms with Gasteiger partial charge >= 0.3 is 0 Å². The molecule has 0 aliphatic heterocycles. The van der Waals surface area contributed by atoms with Crippen molar-refractivity contribution in [2.45, 2.75) is 38.5 Å². The molecule has 0 radical (unpaired) electrons. The number of hydrogen-bond donors (Lipinski definition) is 1. The van der Waals surface area contributed by atoms with E-state index in [0.717, 1.165) is 30.1 Å². The molecule has 20 heavy (non-hydrogen) atoms. The van der Waals surface area contributed by atoms with Crippen LogP contribution in [0.4, 0.5) is 5.69 Å². The first-order chi connectivity index (χ1) is 9.66. The Kier molecular flexibility index (Phi) is 5.45. The van der Waals surface area contributed by atoms with Crippen molar-refractivity contribution in [3.8, 4) is 0 Å². The Balaban J connectivity index is 1.71. The van der Waals surface area contributed by atoms with Crippen LogP contribution in [0.5, 0.6) is 0 Å². The molecular weight excluding hydrogens is 248 g/mol. The molecule has 0 saturated heterocycles. The van der Waals surface area contributed by atoms with Gasteiger partial charge in [0.2, 0.25) is 0 Å². The summed E-state index contributed by atoms with van der Waals surface area (Å²) in [4.78, 5) is 14.0. The number of rotatable bonds is 6. The zero-order chi connectivity index (χ0) is 14.4. The minimum atomic E-state index is 0.0433. The molecule has 0 aromatic heterocycles. The molecule has 1 aliphatic rings. The van der Waals surface area contributed by atoms with Crippen LogP contribution in [0, 0.1) is 5.92 Å². The molecule has 1 aromatic rings. The van der Waals surface area contributed by atoms with Gasteiger partial charge in [-0.05, 0) is 43.0 Å². The van der Waals surface area contributed by atoms with Crippen LogP contribution >= 0.6 is 0 Å². The van der Waals surface area contributed by atoms with E-state index in [9.17, 15) is 4.79 Å². The van der Waals surface area contributed by atoms with Gasteiger partial charge in [-0.15, -0.1) is 0 Å². The maximum atomic E-state index is 12.0. The third-order valence-electron chi connectivity index (χ3n) is 4.20. The Bertz CT molecular complexity index is 419. The molecule has 1 amide bonds. The molecule has 110 valence electrons. The first-order valence-corrected chi connectivity index (χ1v) is 7.72. The molecular formula is C17H26N2O. The number of nitrogens with zero attached hydrogens (tertiary/aromatic N) is 1. The standard InChI is InChI=1S/C17H26N2O/c1-19(2)16-11-9-15(10-12-16)17(20)18-13-5-8-14-6-3-4-7-14/h9-12,14H,3-8,13H2,1-2H3,(H,18,20). The normalized spacial score (nSPS) is 15.3. The van der Waals surface area contributed by atoms with Gasteiger partial charge < -0.3 is 10.2 Å². The summed E-state index contributed by atoms with van der Waals surface area (Å²) >= 11 is 0. The van der Waals surface area contributed by atoms with Crippen LogP contribution in [0.1, 0.15) is 48.9 Å². The molecule has 2 rings (SSSR count). The molecule has 0 bridgehead atoms.